The molecule has 3 atom stereocenters. The van der Waals surface area contributed by atoms with Gasteiger partial charge < -0.3 is 30.0 Å². The summed E-state index contributed by atoms with van der Waals surface area (Å²) in [6.45, 7) is 7.48. The minimum Gasteiger partial charge on any atom is -0.493 e. The number of non-ortho nitro benzene ring substituents is 1. The Kier molecular flexibility index (Phi) is 11.4. The quantitative estimate of drug-likeness (QED) is 0.131. The number of carboxylic acid groups (broad SMARTS) is 1. The zero-order chi connectivity index (χ0) is 32.5. The number of carbonyl (C=O) groups is 2. The van der Waals surface area contributed by atoms with Gasteiger partial charge in [0.1, 0.15) is 17.9 Å². The maximum atomic E-state index is 12.5. The molecule has 3 N–H and O–H groups in total. The van der Waals surface area contributed by atoms with Gasteiger partial charge in [0.15, 0.2) is 11.5 Å². The highest BCUT2D eigenvalue weighted by molar-refractivity contribution is 5.92. The number of nitrogens with zero attached hydrogens (tertiary/aromatic N) is 1. The molecule has 0 heterocycles. The molecule has 45 heavy (non-hydrogen) atoms. The molecule has 1 amide bonds. The smallest absolute Gasteiger partial charge is 0.339 e. The molecule has 0 bridgehead atoms. The number of para-hydroxylation sites is 1. The van der Waals surface area contributed by atoms with E-state index in [-0.39, 0.29) is 41.4 Å². The van der Waals surface area contributed by atoms with E-state index in [1.54, 1.807) is 18.2 Å². The first-order chi connectivity index (χ1) is 21.6. The molecule has 3 unspecified atom stereocenters. The van der Waals surface area contributed by atoms with E-state index in [1.807, 2.05) is 24.3 Å². The average molecular weight is 620 g/mol. The molecule has 11 nitrogen and oxygen atoms in total. The lowest BCUT2D eigenvalue weighted by molar-refractivity contribution is -0.384. The van der Waals surface area contributed by atoms with Gasteiger partial charge >= 0.3 is 5.97 Å². The Hall–Kier alpha value is -4.64. The van der Waals surface area contributed by atoms with Gasteiger partial charge in [0.05, 0.1) is 18.1 Å². The monoisotopic (exact) mass is 619 g/mol. The van der Waals surface area contributed by atoms with E-state index in [0.717, 1.165) is 30.2 Å². The molecule has 3 aromatic carbocycles. The molecule has 11 heteroatoms. The fraction of sp³-hybridized carbons (Fsp3) is 0.412. The Bertz CT molecular complexity index is 1490. The second-order valence-corrected chi connectivity index (χ2v) is 11.7. The van der Waals surface area contributed by atoms with E-state index in [1.165, 1.54) is 25.7 Å². The highest BCUT2D eigenvalue weighted by Crippen LogP contribution is 2.38. The molecule has 240 valence electrons. The van der Waals surface area contributed by atoms with Gasteiger partial charge in [-0.05, 0) is 54.0 Å². The van der Waals surface area contributed by atoms with Crippen LogP contribution in [0.25, 0.3) is 0 Å². The summed E-state index contributed by atoms with van der Waals surface area (Å²) in [4.78, 5) is 34.8. The normalized spacial score (nSPS) is 17.8. The number of anilines is 1. The van der Waals surface area contributed by atoms with E-state index in [9.17, 15) is 24.8 Å². The van der Waals surface area contributed by atoms with Crippen molar-refractivity contribution in [3.63, 3.8) is 0 Å². The summed E-state index contributed by atoms with van der Waals surface area (Å²) in [6.07, 6.45) is 3.46. The van der Waals surface area contributed by atoms with Crippen LogP contribution in [0.2, 0.25) is 0 Å². The number of aromatic carboxylic acids is 1. The van der Waals surface area contributed by atoms with Crippen molar-refractivity contribution in [3.05, 3.63) is 87.5 Å². The number of methoxy groups -OCH3 is 1. The zero-order valence-corrected chi connectivity index (χ0v) is 26.1. The topological polar surface area (TPSA) is 149 Å². The van der Waals surface area contributed by atoms with Crippen molar-refractivity contribution in [3.8, 4) is 17.2 Å². The number of rotatable bonds is 14. The third-order valence-corrected chi connectivity index (χ3v) is 8.26. The summed E-state index contributed by atoms with van der Waals surface area (Å²) in [7, 11) is 1.47. The minimum atomic E-state index is -1.36. The van der Waals surface area contributed by atoms with Crippen LogP contribution in [0.1, 0.15) is 61.5 Å². The van der Waals surface area contributed by atoms with Crippen LogP contribution < -0.4 is 20.1 Å². The number of hydrogen-bond acceptors (Lipinski definition) is 8. The molecule has 3 aromatic rings. The first-order valence-electron chi connectivity index (χ1n) is 15.1. The number of nitrogens with one attached hydrogen (secondary N) is 2. The number of amides is 1. The van der Waals surface area contributed by atoms with E-state index in [0.29, 0.717) is 42.2 Å². The van der Waals surface area contributed by atoms with Crippen LogP contribution in [0.15, 0.2) is 60.7 Å². The third-order valence-electron chi connectivity index (χ3n) is 8.26. The number of nitro groups is 1. The number of nitro benzene ring substituents is 1. The van der Waals surface area contributed by atoms with Crippen molar-refractivity contribution >= 4 is 23.3 Å². The predicted molar refractivity (Wildman–Crippen MR) is 170 cm³/mol. The Morgan fingerprint density at radius 3 is 2.47 bits per heavy atom. The standard InChI is InChI=1S/C34H41N3O8/c1-21(2)32-22(3)7-5-9-29(32)44-20-31(38)36-18-23-11-13-25(14-12-23)35-19-24-8-6-10-30(43-4)33(24)45-28-16-15-26(37(41)42)17-27(28)34(39)40/h6,8,10-17,21-22,29,32,35H,5,7,9,18-20H2,1-4H3,(H,36,38)(H,39,40). The van der Waals surface area contributed by atoms with Crippen LogP contribution in [0, 0.1) is 27.9 Å². The van der Waals surface area contributed by atoms with Gasteiger partial charge in [-0.3, -0.25) is 14.9 Å². The Morgan fingerprint density at radius 1 is 1.04 bits per heavy atom. The summed E-state index contributed by atoms with van der Waals surface area (Å²) >= 11 is 0. The van der Waals surface area contributed by atoms with Gasteiger partial charge in [0, 0.05) is 36.5 Å². The van der Waals surface area contributed by atoms with Crippen LogP contribution in [0.5, 0.6) is 17.2 Å². The van der Waals surface area contributed by atoms with Crippen molar-refractivity contribution < 1.29 is 33.8 Å². The molecular formula is C34H41N3O8. The van der Waals surface area contributed by atoms with Gasteiger partial charge in [0.25, 0.3) is 5.69 Å². The molecule has 4 rings (SSSR count). The van der Waals surface area contributed by atoms with Crippen molar-refractivity contribution in [2.24, 2.45) is 17.8 Å². The number of carbonyl (C=O) groups excluding carboxylic acids is 1. The second kappa shape index (κ2) is 15.4. The average Bonchev–Trinajstić information content (AvgIpc) is 3.02. The molecule has 1 aliphatic carbocycles. The van der Waals surface area contributed by atoms with Crippen molar-refractivity contribution in [2.45, 2.75) is 59.2 Å². The summed E-state index contributed by atoms with van der Waals surface area (Å²) in [6, 6.07) is 16.3. The van der Waals surface area contributed by atoms with Gasteiger partial charge in [-0.25, -0.2) is 4.79 Å². The molecule has 0 spiro atoms. The number of hydrogen-bond donors (Lipinski definition) is 3. The minimum absolute atomic E-state index is 0.0521. The first-order valence-corrected chi connectivity index (χ1v) is 15.1. The fourth-order valence-electron chi connectivity index (χ4n) is 6.02. The SMILES string of the molecule is COc1cccc(CNc2ccc(CNC(=O)COC3CCCC(C)C3C(C)C)cc2)c1Oc1ccc([N+](=O)[O-])cc1C(=O)O. The summed E-state index contributed by atoms with van der Waals surface area (Å²) < 4.78 is 17.5. The van der Waals surface area contributed by atoms with E-state index < -0.39 is 10.9 Å². The van der Waals surface area contributed by atoms with Gasteiger partial charge in [-0.15, -0.1) is 0 Å². The molecule has 1 saturated carbocycles. The summed E-state index contributed by atoms with van der Waals surface area (Å²) in [5.74, 6) is 0.697. The molecule has 0 aromatic heterocycles. The number of carboxylic acids is 1. The molecular weight excluding hydrogens is 578 g/mol. The van der Waals surface area contributed by atoms with Crippen LogP contribution in [0.4, 0.5) is 11.4 Å². The largest absolute Gasteiger partial charge is 0.493 e. The zero-order valence-electron chi connectivity index (χ0n) is 26.1. The highest BCUT2D eigenvalue weighted by atomic mass is 16.6. The maximum Gasteiger partial charge on any atom is 0.339 e. The number of benzene rings is 3. The molecule has 0 radical (unpaired) electrons. The number of ether oxygens (including phenoxy) is 3. The third kappa shape index (κ3) is 8.72. The predicted octanol–water partition coefficient (Wildman–Crippen LogP) is 6.80. The van der Waals surface area contributed by atoms with Crippen molar-refractivity contribution in [1.82, 2.24) is 5.32 Å². The van der Waals surface area contributed by atoms with Crippen LogP contribution >= 0.6 is 0 Å². The summed E-state index contributed by atoms with van der Waals surface area (Å²) in [5, 5.41) is 27.0. The molecule has 1 aliphatic rings. The van der Waals surface area contributed by atoms with E-state index in [4.69, 9.17) is 14.2 Å². The van der Waals surface area contributed by atoms with Crippen LogP contribution in [-0.2, 0) is 22.6 Å². The molecule has 0 saturated heterocycles. The first kappa shape index (κ1) is 33.3. The Labute approximate surface area is 263 Å². The molecule has 1 fully saturated rings. The Balaban J connectivity index is 1.34. The van der Waals surface area contributed by atoms with Crippen molar-refractivity contribution in [1.29, 1.82) is 0 Å². The lowest BCUT2D eigenvalue weighted by Gasteiger charge is -2.38. The molecule has 0 aliphatic heterocycles. The van der Waals surface area contributed by atoms with Crippen molar-refractivity contribution in [2.75, 3.05) is 19.0 Å². The lowest BCUT2D eigenvalue weighted by atomic mass is 9.72. The van der Waals surface area contributed by atoms with Gasteiger partial charge in [0.2, 0.25) is 5.91 Å². The van der Waals surface area contributed by atoms with Crippen LogP contribution in [0.3, 0.4) is 0 Å². The van der Waals surface area contributed by atoms with Crippen LogP contribution in [-0.4, -0.2) is 41.7 Å². The fourth-order valence-corrected chi connectivity index (χ4v) is 6.02. The Morgan fingerprint density at radius 2 is 1.80 bits per heavy atom. The van der Waals surface area contributed by atoms with Gasteiger partial charge in [-0.2, -0.15) is 0 Å². The second-order valence-electron chi connectivity index (χ2n) is 11.7. The maximum absolute atomic E-state index is 12.5. The van der Waals surface area contributed by atoms with E-state index >= 15 is 0 Å². The highest BCUT2D eigenvalue weighted by Gasteiger charge is 2.33. The van der Waals surface area contributed by atoms with Gasteiger partial charge in [-0.1, -0.05) is 57.9 Å². The van der Waals surface area contributed by atoms with E-state index in [2.05, 4.69) is 31.4 Å². The lowest BCUT2D eigenvalue weighted by Crippen LogP contribution is -2.39. The summed E-state index contributed by atoms with van der Waals surface area (Å²) in [5.41, 5.74) is 1.73.